The lowest BCUT2D eigenvalue weighted by Crippen LogP contribution is -2.22. The Kier molecular flexibility index (Phi) is 5.85. The highest BCUT2D eigenvalue weighted by Gasteiger charge is 2.19. The van der Waals surface area contributed by atoms with Gasteiger partial charge in [-0.25, -0.2) is 0 Å². The number of likely N-dealkylation sites (N-methyl/N-ethyl adjacent to an activating group) is 1. The van der Waals surface area contributed by atoms with E-state index in [1.54, 1.807) is 25.1 Å². The average molecular weight is 245 g/mol. The van der Waals surface area contributed by atoms with Gasteiger partial charge in [0.2, 0.25) is 5.91 Å². The van der Waals surface area contributed by atoms with E-state index in [0.29, 0.717) is 5.92 Å². The van der Waals surface area contributed by atoms with Crippen molar-refractivity contribution < 1.29 is 4.79 Å². The van der Waals surface area contributed by atoms with Crippen molar-refractivity contribution in [3.05, 3.63) is 12.2 Å². The van der Waals surface area contributed by atoms with Crippen LogP contribution in [0.5, 0.6) is 0 Å². The van der Waals surface area contributed by atoms with Crippen LogP contribution in [-0.4, -0.2) is 55.3 Å². The lowest BCUT2D eigenvalue weighted by atomic mass is 10.1. The largest absolute Gasteiger partial charge is 0.345 e. The van der Waals surface area contributed by atoms with Crippen molar-refractivity contribution >= 4 is 17.5 Å². The van der Waals surface area contributed by atoms with Gasteiger partial charge in [-0.3, -0.25) is 4.79 Å². The van der Waals surface area contributed by atoms with Crippen molar-refractivity contribution in [1.82, 2.24) is 9.80 Å². The van der Waals surface area contributed by atoms with Crippen molar-refractivity contribution in [2.75, 3.05) is 39.6 Å². The molecule has 0 N–H and O–H groups in total. The van der Waals surface area contributed by atoms with Crippen LogP contribution in [0.1, 0.15) is 12.8 Å². The third-order valence-electron chi connectivity index (χ3n) is 2.87. The van der Waals surface area contributed by atoms with E-state index in [2.05, 4.69) is 4.90 Å². The summed E-state index contributed by atoms with van der Waals surface area (Å²) in [5.41, 5.74) is 0. The maximum absolute atomic E-state index is 11.4. The molecule has 0 aromatic carbocycles. The van der Waals surface area contributed by atoms with Crippen LogP contribution in [0.15, 0.2) is 12.2 Å². The molecule has 0 bridgehead atoms. The monoisotopic (exact) mass is 244 g/mol. The molecule has 4 heteroatoms. The van der Waals surface area contributed by atoms with E-state index < -0.39 is 0 Å². The lowest BCUT2D eigenvalue weighted by Gasteiger charge is -2.13. The van der Waals surface area contributed by atoms with Gasteiger partial charge in [0, 0.05) is 26.5 Å². The van der Waals surface area contributed by atoms with Crippen molar-refractivity contribution in [2.45, 2.75) is 12.8 Å². The molecule has 0 radical (unpaired) electrons. The van der Waals surface area contributed by atoms with Gasteiger partial charge in [-0.15, -0.1) is 11.6 Å². The minimum atomic E-state index is 0.0687. The summed E-state index contributed by atoms with van der Waals surface area (Å²) in [4.78, 5) is 15.4. The standard InChI is InChI=1S/C12H21ClN2O/c1-14(2)12(16)5-4-11-6-9-15(10-11)8-3-7-13/h4-5,11H,3,6-10H2,1-2H3/t11-/m1/s1. The van der Waals surface area contributed by atoms with Gasteiger partial charge in [-0.05, 0) is 37.9 Å². The Bertz CT molecular complexity index is 253. The van der Waals surface area contributed by atoms with Crippen molar-refractivity contribution in [3.8, 4) is 0 Å². The predicted octanol–water partition coefficient (Wildman–Crippen LogP) is 1.58. The molecular weight excluding hydrogens is 224 g/mol. The molecule has 0 aliphatic carbocycles. The summed E-state index contributed by atoms with van der Waals surface area (Å²) in [5.74, 6) is 1.33. The Morgan fingerprint density at radius 2 is 2.31 bits per heavy atom. The lowest BCUT2D eigenvalue weighted by molar-refractivity contribution is -0.123. The second-order valence-electron chi connectivity index (χ2n) is 4.48. The summed E-state index contributed by atoms with van der Waals surface area (Å²) in [6, 6.07) is 0. The number of alkyl halides is 1. The first-order valence-corrected chi connectivity index (χ1v) is 6.34. The molecule has 1 heterocycles. The summed E-state index contributed by atoms with van der Waals surface area (Å²) in [5, 5.41) is 0. The molecule has 0 unspecified atom stereocenters. The summed E-state index contributed by atoms with van der Waals surface area (Å²) >= 11 is 5.66. The van der Waals surface area contributed by atoms with Gasteiger partial charge in [0.25, 0.3) is 0 Å². The van der Waals surface area contributed by atoms with Crippen molar-refractivity contribution in [1.29, 1.82) is 0 Å². The number of hydrogen-bond donors (Lipinski definition) is 0. The number of nitrogens with zero attached hydrogens (tertiary/aromatic N) is 2. The zero-order valence-corrected chi connectivity index (χ0v) is 10.9. The third-order valence-corrected chi connectivity index (χ3v) is 3.14. The second-order valence-corrected chi connectivity index (χ2v) is 4.86. The number of carbonyl (C=O) groups is 1. The normalized spacial score (nSPS) is 21.8. The Labute approximate surface area is 103 Å². The zero-order chi connectivity index (χ0) is 12.0. The van der Waals surface area contributed by atoms with Gasteiger partial charge in [0.1, 0.15) is 0 Å². The highest BCUT2D eigenvalue weighted by molar-refractivity contribution is 6.17. The molecule has 0 aromatic heterocycles. The molecule has 3 nitrogen and oxygen atoms in total. The van der Waals surface area contributed by atoms with E-state index in [9.17, 15) is 4.79 Å². The highest BCUT2D eigenvalue weighted by atomic mass is 35.5. The molecule has 1 aliphatic rings. The maximum atomic E-state index is 11.4. The number of likely N-dealkylation sites (tertiary alicyclic amines) is 1. The third kappa shape index (κ3) is 4.54. The van der Waals surface area contributed by atoms with E-state index in [1.165, 1.54) is 0 Å². The fourth-order valence-electron chi connectivity index (χ4n) is 1.87. The maximum Gasteiger partial charge on any atom is 0.245 e. The van der Waals surface area contributed by atoms with Gasteiger partial charge < -0.3 is 9.80 Å². The molecule has 0 spiro atoms. The Morgan fingerprint density at radius 1 is 1.56 bits per heavy atom. The summed E-state index contributed by atoms with van der Waals surface area (Å²) < 4.78 is 0. The Morgan fingerprint density at radius 3 is 2.94 bits per heavy atom. The number of amides is 1. The summed E-state index contributed by atoms with van der Waals surface area (Å²) in [6.07, 6.45) is 5.94. The first kappa shape index (κ1) is 13.5. The van der Waals surface area contributed by atoms with Crippen LogP contribution >= 0.6 is 11.6 Å². The molecule has 0 aromatic rings. The molecular formula is C12H21ClN2O. The highest BCUT2D eigenvalue weighted by Crippen LogP contribution is 2.17. The van der Waals surface area contributed by atoms with Gasteiger partial charge in [-0.1, -0.05) is 6.08 Å². The minimum absolute atomic E-state index is 0.0687. The predicted molar refractivity (Wildman–Crippen MR) is 67.7 cm³/mol. The van der Waals surface area contributed by atoms with Crippen molar-refractivity contribution in [3.63, 3.8) is 0 Å². The van der Waals surface area contributed by atoms with Crippen LogP contribution in [0.3, 0.4) is 0 Å². The van der Waals surface area contributed by atoms with E-state index >= 15 is 0 Å². The Hall–Kier alpha value is -0.540. The van der Waals surface area contributed by atoms with Crippen LogP contribution in [-0.2, 0) is 4.79 Å². The first-order valence-electron chi connectivity index (χ1n) is 5.81. The average Bonchev–Trinajstić information content (AvgIpc) is 2.70. The quantitative estimate of drug-likeness (QED) is 0.542. The van der Waals surface area contributed by atoms with Gasteiger partial charge in [-0.2, -0.15) is 0 Å². The number of hydrogen-bond acceptors (Lipinski definition) is 2. The summed E-state index contributed by atoms with van der Waals surface area (Å²) in [6.45, 7) is 3.27. The fourth-order valence-corrected chi connectivity index (χ4v) is 1.99. The number of rotatable bonds is 5. The smallest absolute Gasteiger partial charge is 0.245 e. The molecule has 1 rings (SSSR count). The van der Waals surface area contributed by atoms with Crippen LogP contribution in [0.2, 0.25) is 0 Å². The van der Waals surface area contributed by atoms with Crippen molar-refractivity contribution in [2.24, 2.45) is 5.92 Å². The topological polar surface area (TPSA) is 23.6 Å². The molecule has 1 aliphatic heterocycles. The zero-order valence-electron chi connectivity index (χ0n) is 10.2. The molecule has 16 heavy (non-hydrogen) atoms. The Balaban J connectivity index is 2.28. The van der Waals surface area contributed by atoms with Crippen LogP contribution in [0.4, 0.5) is 0 Å². The fraction of sp³-hybridized carbons (Fsp3) is 0.750. The SMILES string of the molecule is CN(C)C(=O)C=C[C@@H]1CCN(CCCCl)C1. The molecule has 1 amide bonds. The molecule has 1 fully saturated rings. The minimum Gasteiger partial charge on any atom is -0.345 e. The van der Waals surface area contributed by atoms with Crippen LogP contribution in [0, 0.1) is 5.92 Å². The summed E-state index contributed by atoms with van der Waals surface area (Å²) in [7, 11) is 3.54. The van der Waals surface area contributed by atoms with E-state index in [-0.39, 0.29) is 5.91 Å². The second kappa shape index (κ2) is 6.92. The first-order chi connectivity index (χ1) is 7.63. The molecule has 1 atom stereocenters. The molecule has 1 saturated heterocycles. The molecule has 0 saturated carbocycles. The van der Waals surface area contributed by atoms with Gasteiger partial charge in [0.05, 0.1) is 0 Å². The molecule has 92 valence electrons. The van der Waals surface area contributed by atoms with Gasteiger partial charge >= 0.3 is 0 Å². The van der Waals surface area contributed by atoms with E-state index in [0.717, 1.165) is 38.4 Å². The van der Waals surface area contributed by atoms with Crippen LogP contribution < -0.4 is 0 Å². The van der Waals surface area contributed by atoms with E-state index in [4.69, 9.17) is 11.6 Å². The number of carbonyl (C=O) groups excluding carboxylic acids is 1. The van der Waals surface area contributed by atoms with E-state index in [1.807, 2.05) is 6.08 Å². The van der Waals surface area contributed by atoms with Crippen LogP contribution in [0.25, 0.3) is 0 Å². The van der Waals surface area contributed by atoms with Gasteiger partial charge in [0.15, 0.2) is 0 Å². The number of halogens is 1.